The lowest BCUT2D eigenvalue weighted by Gasteiger charge is -2.35. The molecule has 1 heterocycles. The van der Waals surface area contributed by atoms with Crippen LogP contribution in [0, 0.1) is 5.92 Å². The predicted molar refractivity (Wildman–Crippen MR) is 87.4 cm³/mol. The van der Waals surface area contributed by atoms with E-state index in [4.69, 9.17) is 5.73 Å². The van der Waals surface area contributed by atoms with Gasteiger partial charge in [0.25, 0.3) is 0 Å². The van der Waals surface area contributed by atoms with Gasteiger partial charge in [-0.1, -0.05) is 6.92 Å². The van der Waals surface area contributed by atoms with Crippen molar-refractivity contribution < 1.29 is 8.42 Å². The normalized spacial score (nSPS) is 18.7. The molecule has 2 N–H and O–H groups in total. The van der Waals surface area contributed by atoms with E-state index < -0.39 is 9.84 Å². The van der Waals surface area contributed by atoms with E-state index in [0.717, 1.165) is 31.6 Å². The van der Waals surface area contributed by atoms with Crippen LogP contribution in [0.1, 0.15) is 33.1 Å². The monoisotopic (exact) mass is 310 g/mol. The van der Waals surface area contributed by atoms with Gasteiger partial charge in [-0.05, 0) is 56.4 Å². The molecule has 1 aliphatic rings. The van der Waals surface area contributed by atoms with Crippen LogP contribution in [0.15, 0.2) is 29.2 Å². The highest BCUT2D eigenvalue weighted by atomic mass is 32.2. The Bertz CT molecular complexity index is 544. The SMILES string of the molecule is CCCS(=O)(=O)c1ccc(N2CCC(C(C)N)CC2)cc1. The molecule has 1 aromatic carbocycles. The maximum atomic E-state index is 12.0. The molecule has 1 aromatic rings. The Balaban J connectivity index is 2.04. The highest BCUT2D eigenvalue weighted by Gasteiger charge is 2.22. The Morgan fingerprint density at radius 1 is 1.24 bits per heavy atom. The number of sulfone groups is 1. The average Bonchev–Trinajstić information content (AvgIpc) is 2.47. The molecule has 1 aliphatic heterocycles. The molecule has 118 valence electrons. The van der Waals surface area contributed by atoms with Crippen molar-refractivity contribution in [2.24, 2.45) is 11.7 Å². The molecule has 1 unspecified atom stereocenters. The zero-order valence-corrected chi connectivity index (χ0v) is 13.8. The van der Waals surface area contributed by atoms with E-state index in [1.54, 1.807) is 12.1 Å². The van der Waals surface area contributed by atoms with Crippen molar-refractivity contribution in [3.63, 3.8) is 0 Å². The first-order chi connectivity index (χ1) is 9.94. The molecule has 21 heavy (non-hydrogen) atoms. The lowest BCUT2D eigenvalue weighted by Crippen LogP contribution is -2.39. The highest BCUT2D eigenvalue weighted by molar-refractivity contribution is 7.91. The summed E-state index contributed by atoms with van der Waals surface area (Å²) in [6.07, 6.45) is 2.86. The summed E-state index contributed by atoms with van der Waals surface area (Å²) in [5.41, 5.74) is 7.07. The van der Waals surface area contributed by atoms with Gasteiger partial charge in [-0.2, -0.15) is 0 Å². The van der Waals surface area contributed by atoms with Gasteiger partial charge in [0, 0.05) is 24.8 Å². The lowest BCUT2D eigenvalue weighted by atomic mass is 9.91. The van der Waals surface area contributed by atoms with Gasteiger partial charge in [-0.15, -0.1) is 0 Å². The number of nitrogens with two attached hydrogens (primary N) is 1. The molecule has 0 bridgehead atoms. The summed E-state index contributed by atoms with van der Waals surface area (Å²) < 4.78 is 24.0. The van der Waals surface area contributed by atoms with Crippen LogP contribution in [0.5, 0.6) is 0 Å². The molecule has 1 atom stereocenters. The summed E-state index contributed by atoms with van der Waals surface area (Å²) in [6, 6.07) is 7.58. The summed E-state index contributed by atoms with van der Waals surface area (Å²) in [5, 5.41) is 0. The quantitative estimate of drug-likeness (QED) is 0.907. The van der Waals surface area contributed by atoms with Crippen LogP contribution in [-0.2, 0) is 9.84 Å². The van der Waals surface area contributed by atoms with Crippen LogP contribution in [-0.4, -0.2) is 33.3 Å². The van der Waals surface area contributed by atoms with Gasteiger partial charge in [0.2, 0.25) is 0 Å². The molecule has 5 heteroatoms. The van der Waals surface area contributed by atoms with Gasteiger partial charge in [0.1, 0.15) is 0 Å². The molecule has 0 radical (unpaired) electrons. The number of hydrogen-bond donors (Lipinski definition) is 1. The Morgan fingerprint density at radius 3 is 2.29 bits per heavy atom. The van der Waals surface area contributed by atoms with Crippen molar-refractivity contribution in [3.8, 4) is 0 Å². The Morgan fingerprint density at radius 2 is 1.81 bits per heavy atom. The summed E-state index contributed by atoms with van der Waals surface area (Å²) in [6.45, 7) is 5.95. The van der Waals surface area contributed by atoms with Gasteiger partial charge in [-0.25, -0.2) is 8.42 Å². The van der Waals surface area contributed by atoms with E-state index in [2.05, 4.69) is 11.8 Å². The van der Waals surface area contributed by atoms with Crippen LogP contribution in [0.4, 0.5) is 5.69 Å². The van der Waals surface area contributed by atoms with Crippen molar-refractivity contribution in [2.45, 2.75) is 44.0 Å². The number of benzene rings is 1. The van der Waals surface area contributed by atoms with Gasteiger partial charge in [0.15, 0.2) is 9.84 Å². The minimum absolute atomic E-state index is 0.214. The molecule has 4 nitrogen and oxygen atoms in total. The summed E-state index contributed by atoms with van der Waals surface area (Å²) in [7, 11) is -3.11. The van der Waals surface area contributed by atoms with Crippen molar-refractivity contribution in [1.29, 1.82) is 0 Å². The second-order valence-corrected chi connectivity index (χ2v) is 8.11. The third-order valence-electron chi connectivity index (χ3n) is 4.32. The minimum Gasteiger partial charge on any atom is -0.372 e. The summed E-state index contributed by atoms with van der Waals surface area (Å²) in [5.74, 6) is 0.817. The molecule has 0 saturated carbocycles. The third-order valence-corrected chi connectivity index (χ3v) is 6.25. The first kappa shape index (κ1) is 16.3. The molecule has 1 saturated heterocycles. The largest absolute Gasteiger partial charge is 0.372 e. The van der Waals surface area contributed by atoms with Gasteiger partial charge < -0.3 is 10.6 Å². The molecule has 2 rings (SSSR count). The van der Waals surface area contributed by atoms with Gasteiger partial charge >= 0.3 is 0 Å². The summed E-state index contributed by atoms with van der Waals surface area (Å²) in [4.78, 5) is 2.74. The second-order valence-electron chi connectivity index (χ2n) is 6.00. The first-order valence-corrected chi connectivity index (χ1v) is 9.42. The topological polar surface area (TPSA) is 63.4 Å². The second kappa shape index (κ2) is 6.79. The smallest absolute Gasteiger partial charge is 0.178 e. The zero-order chi connectivity index (χ0) is 15.5. The maximum absolute atomic E-state index is 12.0. The minimum atomic E-state index is -3.11. The predicted octanol–water partition coefficient (Wildman–Crippen LogP) is 2.43. The third kappa shape index (κ3) is 3.98. The molecule has 0 aromatic heterocycles. The molecule has 1 fully saturated rings. The van der Waals surface area contributed by atoms with E-state index in [1.165, 1.54) is 0 Å². The van der Waals surface area contributed by atoms with Crippen LogP contribution < -0.4 is 10.6 Å². The van der Waals surface area contributed by atoms with E-state index in [9.17, 15) is 8.42 Å². The Labute approximate surface area is 128 Å². The van der Waals surface area contributed by atoms with Crippen LogP contribution in [0.3, 0.4) is 0 Å². The van der Waals surface area contributed by atoms with Crippen LogP contribution in [0.2, 0.25) is 0 Å². The van der Waals surface area contributed by atoms with E-state index in [-0.39, 0.29) is 11.8 Å². The first-order valence-electron chi connectivity index (χ1n) is 7.77. The number of rotatable bonds is 5. The fourth-order valence-electron chi connectivity index (χ4n) is 2.93. The molecule has 0 aliphatic carbocycles. The van der Waals surface area contributed by atoms with Crippen molar-refractivity contribution in [3.05, 3.63) is 24.3 Å². The molecule has 0 amide bonds. The average molecular weight is 310 g/mol. The molecule has 0 spiro atoms. The van der Waals surface area contributed by atoms with Crippen LogP contribution >= 0.6 is 0 Å². The number of nitrogens with zero attached hydrogens (tertiary/aromatic N) is 1. The Kier molecular flexibility index (Phi) is 5.27. The van der Waals surface area contributed by atoms with Crippen molar-refractivity contribution in [1.82, 2.24) is 0 Å². The fraction of sp³-hybridized carbons (Fsp3) is 0.625. The standard InChI is InChI=1S/C16H26N2O2S/c1-3-12-21(19,20)16-6-4-15(5-7-16)18-10-8-14(9-11-18)13(2)17/h4-7,13-14H,3,8-12,17H2,1-2H3. The number of hydrogen-bond acceptors (Lipinski definition) is 4. The number of piperidine rings is 1. The van der Waals surface area contributed by atoms with Gasteiger partial charge in [-0.3, -0.25) is 0 Å². The van der Waals surface area contributed by atoms with Gasteiger partial charge in [0.05, 0.1) is 10.6 Å². The number of anilines is 1. The van der Waals surface area contributed by atoms with Crippen molar-refractivity contribution >= 4 is 15.5 Å². The fourth-order valence-corrected chi connectivity index (χ4v) is 4.26. The zero-order valence-electron chi connectivity index (χ0n) is 13.0. The maximum Gasteiger partial charge on any atom is 0.178 e. The summed E-state index contributed by atoms with van der Waals surface area (Å²) >= 11 is 0. The van der Waals surface area contributed by atoms with Crippen molar-refractivity contribution in [2.75, 3.05) is 23.7 Å². The lowest BCUT2D eigenvalue weighted by molar-refractivity contribution is 0.354. The van der Waals surface area contributed by atoms with E-state index in [0.29, 0.717) is 17.2 Å². The Hall–Kier alpha value is -1.07. The molecular formula is C16H26N2O2S. The molecular weight excluding hydrogens is 284 g/mol. The van der Waals surface area contributed by atoms with E-state index in [1.807, 2.05) is 19.1 Å². The van der Waals surface area contributed by atoms with E-state index >= 15 is 0 Å². The highest BCUT2D eigenvalue weighted by Crippen LogP contribution is 2.26. The van der Waals surface area contributed by atoms with Crippen LogP contribution in [0.25, 0.3) is 0 Å².